The topological polar surface area (TPSA) is 30.7 Å². The van der Waals surface area contributed by atoms with Gasteiger partial charge in [0.05, 0.1) is 6.04 Å². The standard InChI is InChI=1S/C6H9N3.C2H6/c1-5-7-4-8-9(5)6-2-3-6;1-2/h4,6H,2-3H2,1H3;1-2H3. The molecule has 0 spiro atoms. The van der Waals surface area contributed by atoms with Crippen LogP contribution in [0.2, 0.25) is 0 Å². The lowest BCUT2D eigenvalue weighted by Crippen LogP contribution is -1.97. The molecule has 3 nitrogen and oxygen atoms in total. The van der Waals surface area contributed by atoms with E-state index in [0.717, 1.165) is 5.82 Å². The van der Waals surface area contributed by atoms with E-state index < -0.39 is 0 Å². The fraction of sp³-hybridized carbons (Fsp3) is 0.750. The number of hydrogen-bond donors (Lipinski definition) is 0. The van der Waals surface area contributed by atoms with Gasteiger partial charge in [-0.15, -0.1) is 0 Å². The molecule has 0 N–H and O–H groups in total. The van der Waals surface area contributed by atoms with Gasteiger partial charge in [-0.1, -0.05) is 13.8 Å². The van der Waals surface area contributed by atoms with Crippen molar-refractivity contribution in [2.24, 2.45) is 0 Å². The van der Waals surface area contributed by atoms with Gasteiger partial charge in [0.1, 0.15) is 12.2 Å². The third-order valence-electron chi connectivity index (χ3n) is 1.64. The van der Waals surface area contributed by atoms with Crippen molar-refractivity contribution >= 4 is 0 Å². The van der Waals surface area contributed by atoms with Crippen LogP contribution in [0.1, 0.15) is 38.6 Å². The first-order valence-electron chi connectivity index (χ1n) is 4.24. The van der Waals surface area contributed by atoms with E-state index in [0.29, 0.717) is 6.04 Å². The molecule has 1 aromatic rings. The van der Waals surface area contributed by atoms with Crippen LogP contribution in [-0.4, -0.2) is 14.8 Å². The zero-order valence-corrected chi connectivity index (χ0v) is 7.41. The Morgan fingerprint density at radius 3 is 2.45 bits per heavy atom. The average Bonchev–Trinajstić information content (AvgIpc) is 2.80. The zero-order valence-electron chi connectivity index (χ0n) is 7.41. The van der Waals surface area contributed by atoms with Crippen molar-refractivity contribution in [3.63, 3.8) is 0 Å². The first kappa shape index (κ1) is 8.24. The van der Waals surface area contributed by atoms with Crippen LogP contribution in [-0.2, 0) is 0 Å². The fourth-order valence-corrected chi connectivity index (χ4v) is 0.985. The van der Waals surface area contributed by atoms with E-state index in [-0.39, 0.29) is 0 Å². The van der Waals surface area contributed by atoms with E-state index in [9.17, 15) is 0 Å². The number of nitrogens with zero attached hydrogens (tertiary/aromatic N) is 3. The Labute approximate surface area is 67.4 Å². The van der Waals surface area contributed by atoms with Crippen molar-refractivity contribution in [2.75, 3.05) is 0 Å². The second kappa shape index (κ2) is 3.51. The highest BCUT2D eigenvalue weighted by Gasteiger charge is 2.25. The van der Waals surface area contributed by atoms with Crippen LogP contribution in [0.4, 0.5) is 0 Å². The minimum absolute atomic E-state index is 0.674. The molecule has 0 unspecified atom stereocenters. The van der Waals surface area contributed by atoms with E-state index >= 15 is 0 Å². The van der Waals surface area contributed by atoms with Gasteiger partial charge in [-0.2, -0.15) is 5.10 Å². The molecule has 0 saturated heterocycles. The molecule has 0 aliphatic heterocycles. The molecule has 2 rings (SSSR count). The van der Waals surface area contributed by atoms with Gasteiger partial charge in [-0.25, -0.2) is 9.67 Å². The Balaban J connectivity index is 0.000000281. The molecule has 0 radical (unpaired) electrons. The average molecular weight is 153 g/mol. The summed E-state index contributed by atoms with van der Waals surface area (Å²) in [5, 5.41) is 4.08. The van der Waals surface area contributed by atoms with E-state index in [4.69, 9.17) is 0 Å². The minimum Gasteiger partial charge on any atom is -0.247 e. The highest BCUT2D eigenvalue weighted by molar-refractivity contribution is 4.88. The molecule has 1 heterocycles. The van der Waals surface area contributed by atoms with Crippen molar-refractivity contribution < 1.29 is 0 Å². The Morgan fingerprint density at radius 1 is 1.45 bits per heavy atom. The lowest BCUT2D eigenvalue weighted by Gasteiger charge is -1.95. The van der Waals surface area contributed by atoms with Crippen LogP contribution in [0.3, 0.4) is 0 Å². The van der Waals surface area contributed by atoms with Gasteiger partial charge in [0, 0.05) is 0 Å². The van der Waals surface area contributed by atoms with Gasteiger partial charge in [0.15, 0.2) is 0 Å². The van der Waals surface area contributed by atoms with Gasteiger partial charge in [0.2, 0.25) is 0 Å². The predicted octanol–water partition coefficient (Wildman–Crippen LogP) is 1.95. The quantitative estimate of drug-likeness (QED) is 0.617. The lowest BCUT2D eigenvalue weighted by molar-refractivity contribution is 0.618. The van der Waals surface area contributed by atoms with Crippen LogP contribution >= 0.6 is 0 Å². The molecule has 0 atom stereocenters. The summed E-state index contributed by atoms with van der Waals surface area (Å²) in [6.07, 6.45) is 4.18. The molecule has 1 saturated carbocycles. The summed E-state index contributed by atoms with van der Waals surface area (Å²) in [5.74, 6) is 1.04. The van der Waals surface area contributed by atoms with E-state index in [1.807, 2.05) is 25.5 Å². The molecule has 0 aromatic carbocycles. The molecule has 0 bridgehead atoms. The maximum Gasteiger partial charge on any atom is 0.138 e. The summed E-state index contributed by atoms with van der Waals surface area (Å²) >= 11 is 0. The number of hydrogen-bond acceptors (Lipinski definition) is 2. The maximum absolute atomic E-state index is 4.08. The van der Waals surface area contributed by atoms with E-state index in [2.05, 4.69) is 10.1 Å². The van der Waals surface area contributed by atoms with Gasteiger partial charge < -0.3 is 0 Å². The molecule has 3 heteroatoms. The highest BCUT2D eigenvalue weighted by Crippen LogP contribution is 2.34. The molecule has 1 aliphatic carbocycles. The van der Waals surface area contributed by atoms with Gasteiger partial charge in [-0.3, -0.25) is 0 Å². The molecular formula is C8H15N3. The van der Waals surface area contributed by atoms with Crippen molar-refractivity contribution in [1.82, 2.24) is 14.8 Å². The van der Waals surface area contributed by atoms with E-state index in [1.165, 1.54) is 12.8 Å². The molecular weight excluding hydrogens is 138 g/mol. The first-order chi connectivity index (χ1) is 5.38. The van der Waals surface area contributed by atoms with Gasteiger partial charge >= 0.3 is 0 Å². The van der Waals surface area contributed by atoms with Crippen molar-refractivity contribution in [3.8, 4) is 0 Å². The first-order valence-corrected chi connectivity index (χ1v) is 4.24. The Morgan fingerprint density at radius 2 is 2.09 bits per heavy atom. The van der Waals surface area contributed by atoms with Gasteiger partial charge in [-0.05, 0) is 19.8 Å². The molecule has 1 fully saturated rings. The minimum atomic E-state index is 0.674. The van der Waals surface area contributed by atoms with Crippen LogP contribution in [0.15, 0.2) is 6.33 Å². The second-order valence-electron chi connectivity index (χ2n) is 2.48. The van der Waals surface area contributed by atoms with Crippen molar-refractivity contribution in [1.29, 1.82) is 0 Å². The third kappa shape index (κ3) is 1.79. The van der Waals surface area contributed by atoms with Crippen LogP contribution in [0, 0.1) is 6.92 Å². The Kier molecular flexibility index (Phi) is 2.63. The summed E-state index contributed by atoms with van der Waals surface area (Å²) in [5.41, 5.74) is 0. The second-order valence-corrected chi connectivity index (χ2v) is 2.48. The van der Waals surface area contributed by atoms with Crippen LogP contribution in [0.5, 0.6) is 0 Å². The zero-order chi connectivity index (χ0) is 8.27. The molecule has 0 amide bonds. The summed E-state index contributed by atoms with van der Waals surface area (Å²) < 4.78 is 2.00. The fourth-order valence-electron chi connectivity index (χ4n) is 0.985. The molecule has 11 heavy (non-hydrogen) atoms. The van der Waals surface area contributed by atoms with Crippen molar-refractivity contribution in [3.05, 3.63) is 12.2 Å². The van der Waals surface area contributed by atoms with Crippen LogP contribution < -0.4 is 0 Å². The summed E-state index contributed by atoms with van der Waals surface area (Å²) in [7, 11) is 0. The normalized spacial score (nSPS) is 15.5. The smallest absolute Gasteiger partial charge is 0.138 e. The maximum atomic E-state index is 4.08. The number of aryl methyl sites for hydroxylation is 1. The molecule has 1 aromatic heterocycles. The van der Waals surface area contributed by atoms with Crippen LogP contribution in [0.25, 0.3) is 0 Å². The summed E-state index contributed by atoms with van der Waals surface area (Å²) in [6, 6.07) is 0.674. The lowest BCUT2D eigenvalue weighted by atomic mass is 10.6. The summed E-state index contributed by atoms with van der Waals surface area (Å²) in [6.45, 7) is 5.99. The summed E-state index contributed by atoms with van der Waals surface area (Å²) in [4.78, 5) is 4.03. The largest absolute Gasteiger partial charge is 0.247 e. The number of rotatable bonds is 1. The Hall–Kier alpha value is -0.860. The molecule has 1 aliphatic rings. The third-order valence-corrected chi connectivity index (χ3v) is 1.64. The van der Waals surface area contributed by atoms with E-state index in [1.54, 1.807) is 6.33 Å². The SMILES string of the molecule is CC.Cc1ncnn1C1CC1. The highest BCUT2D eigenvalue weighted by atomic mass is 15.4. The predicted molar refractivity (Wildman–Crippen MR) is 44.4 cm³/mol. The van der Waals surface area contributed by atoms with Crippen molar-refractivity contribution in [2.45, 2.75) is 39.7 Å². The number of aromatic nitrogens is 3. The monoisotopic (exact) mass is 153 g/mol. The van der Waals surface area contributed by atoms with Gasteiger partial charge in [0.25, 0.3) is 0 Å². The Bertz CT molecular complexity index is 213. The molecule has 62 valence electrons.